The van der Waals surface area contributed by atoms with Gasteiger partial charge >= 0.3 is 0 Å². The molecule has 0 aliphatic carbocycles. The van der Waals surface area contributed by atoms with Crippen molar-refractivity contribution in [3.8, 4) is 0 Å². The Labute approximate surface area is 124 Å². The summed E-state index contributed by atoms with van der Waals surface area (Å²) in [6.07, 6.45) is 4.07. The third kappa shape index (κ3) is 6.53. The van der Waals surface area contributed by atoms with Crippen LogP contribution in [0.1, 0.15) is 53.9 Å². The zero-order valence-electron chi connectivity index (χ0n) is 14.0. The number of morpholine rings is 1. The largest absolute Gasteiger partial charge is 0.394 e. The summed E-state index contributed by atoms with van der Waals surface area (Å²) in [6.45, 7) is 14.1. The average Bonchev–Trinajstić information content (AvgIpc) is 2.33. The fourth-order valence-corrected chi connectivity index (χ4v) is 3.21. The summed E-state index contributed by atoms with van der Waals surface area (Å²) < 4.78 is 5.75. The molecule has 1 aliphatic heterocycles. The van der Waals surface area contributed by atoms with E-state index in [2.05, 4.69) is 44.8 Å². The van der Waals surface area contributed by atoms with E-state index >= 15 is 0 Å². The molecule has 0 spiro atoms. The Morgan fingerprint density at radius 1 is 1.25 bits per heavy atom. The summed E-state index contributed by atoms with van der Waals surface area (Å²) in [5.74, 6) is 0. The number of hydrogen-bond acceptors (Lipinski definition) is 4. The highest BCUT2D eigenvalue weighted by Gasteiger charge is 2.24. The molecule has 1 rings (SSSR count). The Balaban J connectivity index is 2.23. The Kier molecular flexibility index (Phi) is 7.45. The first-order valence-electron chi connectivity index (χ1n) is 8.11. The van der Waals surface area contributed by atoms with Gasteiger partial charge in [0.25, 0.3) is 0 Å². The third-order valence-electron chi connectivity index (χ3n) is 3.93. The van der Waals surface area contributed by atoms with Crippen LogP contribution in [0.4, 0.5) is 0 Å². The lowest BCUT2D eigenvalue weighted by Gasteiger charge is -2.36. The van der Waals surface area contributed by atoms with Crippen LogP contribution in [0.2, 0.25) is 0 Å². The molecule has 120 valence electrons. The normalized spacial score (nSPS) is 27.8. The molecule has 0 saturated carbocycles. The van der Waals surface area contributed by atoms with Crippen LogP contribution in [0.15, 0.2) is 0 Å². The van der Waals surface area contributed by atoms with Gasteiger partial charge in [0.1, 0.15) is 0 Å². The van der Waals surface area contributed by atoms with E-state index in [1.165, 1.54) is 6.42 Å². The number of ether oxygens (including phenoxy) is 1. The SMILES string of the molecule is CC(C)NC(C)(CO)CCCCN1CC(C)OC(C)C1. The van der Waals surface area contributed by atoms with Crippen LogP contribution in [0.5, 0.6) is 0 Å². The second-order valence-electron chi connectivity index (χ2n) is 6.99. The van der Waals surface area contributed by atoms with Crippen molar-refractivity contribution in [2.45, 2.75) is 77.7 Å². The first-order chi connectivity index (χ1) is 9.34. The number of hydrogen-bond donors (Lipinski definition) is 2. The lowest BCUT2D eigenvalue weighted by molar-refractivity contribution is -0.0682. The Morgan fingerprint density at radius 2 is 1.85 bits per heavy atom. The molecule has 3 unspecified atom stereocenters. The molecule has 1 saturated heterocycles. The van der Waals surface area contributed by atoms with Gasteiger partial charge in [0, 0.05) is 24.7 Å². The minimum atomic E-state index is -0.139. The molecule has 0 bridgehead atoms. The number of unbranched alkanes of at least 4 members (excludes halogenated alkanes) is 1. The number of aliphatic hydroxyl groups excluding tert-OH is 1. The molecule has 20 heavy (non-hydrogen) atoms. The predicted molar refractivity (Wildman–Crippen MR) is 84.1 cm³/mol. The molecule has 1 heterocycles. The molecular weight excluding hydrogens is 252 g/mol. The highest BCUT2D eigenvalue weighted by atomic mass is 16.5. The van der Waals surface area contributed by atoms with Crippen molar-refractivity contribution >= 4 is 0 Å². The van der Waals surface area contributed by atoms with Gasteiger partial charge in [0.2, 0.25) is 0 Å². The summed E-state index contributed by atoms with van der Waals surface area (Å²) >= 11 is 0. The van der Waals surface area contributed by atoms with Gasteiger partial charge in [-0.15, -0.1) is 0 Å². The van der Waals surface area contributed by atoms with Gasteiger partial charge in [-0.3, -0.25) is 4.90 Å². The highest BCUT2D eigenvalue weighted by Crippen LogP contribution is 2.16. The van der Waals surface area contributed by atoms with Crippen LogP contribution in [-0.4, -0.2) is 60.0 Å². The molecule has 1 aliphatic rings. The van der Waals surface area contributed by atoms with Crippen molar-refractivity contribution in [3.63, 3.8) is 0 Å². The van der Waals surface area contributed by atoms with Crippen LogP contribution in [0, 0.1) is 0 Å². The van der Waals surface area contributed by atoms with E-state index in [4.69, 9.17) is 4.74 Å². The van der Waals surface area contributed by atoms with Gasteiger partial charge in [0.05, 0.1) is 18.8 Å². The van der Waals surface area contributed by atoms with Gasteiger partial charge in [-0.25, -0.2) is 0 Å². The molecule has 2 N–H and O–H groups in total. The second-order valence-corrected chi connectivity index (χ2v) is 6.99. The fraction of sp³-hybridized carbons (Fsp3) is 1.00. The maximum absolute atomic E-state index is 9.56. The minimum absolute atomic E-state index is 0.139. The summed E-state index contributed by atoms with van der Waals surface area (Å²) in [5.41, 5.74) is -0.139. The summed E-state index contributed by atoms with van der Waals surface area (Å²) in [5, 5.41) is 13.0. The smallest absolute Gasteiger partial charge is 0.0678 e. The first kappa shape index (κ1) is 17.9. The van der Waals surface area contributed by atoms with Crippen molar-refractivity contribution in [2.75, 3.05) is 26.2 Å². The van der Waals surface area contributed by atoms with Crippen molar-refractivity contribution in [1.29, 1.82) is 0 Å². The van der Waals surface area contributed by atoms with Crippen molar-refractivity contribution in [1.82, 2.24) is 10.2 Å². The molecule has 0 radical (unpaired) electrons. The van der Waals surface area contributed by atoms with Crippen molar-refractivity contribution < 1.29 is 9.84 Å². The van der Waals surface area contributed by atoms with Crippen LogP contribution in [0.25, 0.3) is 0 Å². The standard InChI is InChI=1S/C16H34N2O2/c1-13(2)17-16(5,12-19)8-6-7-9-18-10-14(3)20-15(4)11-18/h13-15,17,19H,6-12H2,1-5H3. The lowest BCUT2D eigenvalue weighted by atomic mass is 9.94. The maximum atomic E-state index is 9.56. The highest BCUT2D eigenvalue weighted by molar-refractivity contribution is 4.84. The average molecular weight is 286 g/mol. The van der Waals surface area contributed by atoms with E-state index in [1.807, 2.05) is 0 Å². The molecule has 0 aromatic rings. The fourth-order valence-electron chi connectivity index (χ4n) is 3.21. The Hall–Kier alpha value is -0.160. The topological polar surface area (TPSA) is 44.7 Å². The molecule has 1 fully saturated rings. The van der Waals surface area contributed by atoms with Crippen molar-refractivity contribution in [2.24, 2.45) is 0 Å². The number of aliphatic hydroxyl groups is 1. The van der Waals surface area contributed by atoms with E-state index < -0.39 is 0 Å². The van der Waals surface area contributed by atoms with E-state index in [9.17, 15) is 5.11 Å². The van der Waals surface area contributed by atoms with Gasteiger partial charge < -0.3 is 15.2 Å². The van der Waals surface area contributed by atoms with Crippen LogP contribution >= 0.6 is 0 Å². The van der Waals surface area contributed by atoms with E-state index in [1.54, 1.807) is 0 Å². The van der Waals surface area contributed by atoms with Gasteiger partial charge in [-0.1, -0.05) is 20.3 Å². The van der Waals surface area contributed by atoms with E-state index in [-0.39, 0.29) is 12.1 Å². The molecule has 4 heteroatoms. The first-order valence-corrected chi connectivity index (χ1v) is 8.11. The van der Waals surface area contributed by atoms with Crippen molar-refractivity contribution in [3.05, 3.63) is 0 Å². The Bertz CT molecular complexity index is 263. The number of nitrogens with zero attached hydrogens (tertiary/aromatic N) is 1. The van der Waals surface area contributed by atoms with Crippen LogP contribution < -0.4 is 5.32 Å². The third-order valence-corrected chi connectivity index (χ3v) is 3.93. The van der Waals surface area contributed by atoms with Crippen LogP contribution in [0.3, 0.4) is 0 Å². The maximum Gasteiger partial charge on any atom is 0.0678 e. The molecule has 4 nitrogen and oxygen atoms in total. The van der Waals surface area contributed by atoms with Gasteiger partial charge in [0.15, 0.2) is 0 Å². The molecule has 0 aromatic carbocycles. The monoisotopic (exact) mass is 286 g/mol. The van der Waals surface area contributed by atoms with E-state index in [0.717, 1.165) is 32.5 Å². The van der Waals surface area contributed by atoms with E-state index in [0.29, 0.717) is 18.2 Å². The summed E-state index contributed by atoms with van der Waals surface area (Å²) in [6, 6.07) is 0.410. The summed E-state index contributed by atoms with van der Waals surface area (Å²) in [7, 11) is 0. The summed E-state index contributed by atoms with van der Waals surface area (Å²) in [4.78, 5) is 2.50. The number of nitrogens with one attached hydrogen (secondary N) is 1. The van der Waals surface area contributed by atoms with Gasteiger partial charge in [-0.2, -0.15) is 0 Å². The number of rotatable bonds is 8. The van der Waals surface area contributed by atoms with Gasteiger partial charge in [-0.05, 0) is 40.2 Å². The molecule has 3 atom stereocenters. The predicted octanol–water partition coefficient (Wildman–Crippen LogP) is 2.01. The Morgan fingerprint density at radius 3 is 2.35 bits per heavy atom. The molecular formula is C16H34N2O2. The zero-order chi connectivity index (χ0) is 15.2. The minimum Gasteiger partial charge on any atom is -0.394 e. The molecule has 0 aromatic heterocycles. The quantitative estimate of drug-likeness (QED) is 0.670. The zero-order valence-corrected chi connectivity index (χ0v) is 14.0. The molecule has 0 amide bonds. The lowest BCUT2D eigenvalue weighted by Crippen LogP contribution is -2.49. The second kappa shape index (κ2) is 8.32. The van der Waals surface area contributed by atoms with Crippen LogP contribution in [-0.2, 0) is 4.74 Å².